The van der Waals surface area contributed by atoms with Crippen molar-refractivity contribution < 1.29 is 18.4 Å². The Labute approximate surface area is 170 Å². The minimum Gasteiger partial charge on any atom is -0.314 e. The van der Waals surface area contributed by atoms with Crippen molar-refractivity contribution in [2.75, 3.05) is 16.8 Å². The number of hydrogen-bond acceptors (Lipinski definition) is 5. The monoisotopic (exact) mass is 415 g/mol. The van der Waals surface area contributed by atoms with Crippen molar-refractivity contribution >= 4 is 23.3 Å². The number of anilines is 2. The number of hydrogen-bond donors (Lipinski definition) is 1. The van der Waals surface area contributed by atoms with Crippen molar-refractivity contribution in [3.63, 3.8) is 0 Å². The number of fused-ring (bicyclic) bond motifs is 1. The van der Waals surface area contributed by atoms with E-state index in [4.69, 9.17) is 0 Å². The van der Waals surface area contributed by atoms with E-state index < -0.39 is 23.3 Å². The van der Waals surface area contributed by atoms with Gasteiger partial charge in [-0.3, -0.25) is 9.48 Å². The molecule has 0 radical (unpaired) electrons. The normalized spacial score (nSPS) is 23.3. The quantitative estimate of drug-likeness (QED) is 0.757. The minimum atomic E-state index is -1.04. The van der Waals surface area contributed by atoms with E-state index in [9.17, 15) is 23.6 Å². The zero-order chi connectivity index (χ0) is 21.6. The van der Waals surface area contributed by atoms with E-state index in [0.29, 0.717) is 17.9 Å². The Morgan fingerprint density at radius 2 is 2.07 bits per heavy atom. The second kappa shape index (κ2) is 7.05. The summed E-state index contributed by atoms with van der Waals surface area (Å²) in [5.74, 6) is -2.25. The first-order valence-electron chi connectivity index (χ1n) is 9.36. The van der Waals surface area contributed by atoms with E-state index in [1.165, 1.54) is 9.80 Å². The fourth-order valence-electron chi connectivity index (χ4n) is 3.83. The maximum absolute atomic E-state index is 13.3. The maximum Gasteiger partial charge on any atom is 0.322 e. The van der Waals surface area contributed by atoms with Crippen LogP contribution in [-0.4, -0.2) is 44.2 Å². The number of nitrogens with one attached hydrogen (secondary N) is 1. The van der Waals surface area contributed by atoms with Gasteiger partial charge in [0.1, 0.15) is 0 Å². The Morgan fingerprint density at radius 3 is 2.70 bits per heavy atom. The number of pyridine rings is 1. The third-order valence-electron chi connectivity index (χ3n) is 5.40. The molecule has 4 heterocycles. The predicted octanol–water partition coefficient (Wildman–Crippen LogP) is 2.26. The molecular formula is C19H19F2N7O2. The highest BCUT2D eigenvalue weighted by Gasteiger charge is 2.42. The minimum absolute atomic E-state index is 0.0454. The van der Waals surface area contributed by atoms with Crippen LogP contribution in [0.5, 0.6) is 0 Å². The number of nitriles is 1. The number of carbonyl (C=O) groups excluding carboxylic acids is 2. The van der Waals surface area contributed by atoms with E-state index in [0.717, 1.165) is 12.1 Å². The number of halogens is 2. The molecule has 0 saturated carbocycles. The van der Waals surface area contributed by atoms with Crippen LogP contribution >= 0.6 is 0 Å². The highest BCUT2D eigenvalue weighted by atomic mass is 19.1. The molecule has 0 bridgehead atoms. The maximum atomic E-state index is 13.3. The standard InChI is InChI=1S/C19H19F2N7O2/c1-11-7-28-14(13(6-23-28)27-10-19(2,9-22)5-17(27)29)8-26(11)18(30)24-12-3-15(20)25-16(21)4-12/h3-4,6,11H,5,7-8,10H2,1-2H3,(H,24,25,30)/t11-,19?/m0/s1. The van der Waals surface area contributed by atoms with Gasteiger partial charge >= 0.3 is 6.03 Å². The van der Waals surface area contributed by atoms with Gasteiger partial charge in [0, 0.05) is 25.1 Å². The summed E-state index contributed by atoms with van der Waals surface area (Å²) in [6, 6.07) is 3.25. The molecule has 30 heavy (non-hydrogen) atoms. The summed E-state index contributed by atoms with van der Waals surface area (Å²) in [5.41, 5.74) is 0.395. The van der Waals surface area contributed by atoms with Crippen molar-refractivity contribution in [3.8, 4) is 6.07 Å². The summed E-state index contributed by atoms with van der Waals surface area (Å²) in [5, 5.41) is 16.2. The molecule has 2 aliphatic rings. The van der Waals surface area contributed by atoms with Crippen molar-refractivity contribution in [1.82, 2.24) is 19.7 Å². The van der Waals surface area contributed by atoms with Gasteiger partial charge < -0.3 is 15.1 Å². The fourth-order valence-corrected chi connectivity index (χ4v) is 3.83. The Bertz CT molecular complexity index is 1060. The number of carbonyl (C=O) groups is 2. The van der Waals surface area contributed by atoms with Crippen LogP contribution < -0.4 is 10.2 Å². The lowest BCUT2D eigenvalue weighted by atomic mass is 9.92. The summed E-state index contributed by atoms with van der Waals surface area (Å²) >= 11 is 0. The lowest BCUT2D eigenvalue weighted by Gasteiger charge is -2.35. The lowest BCUT2D eigenvalue weighted by molar-refractivity contribution is -0.117. The van der Waals surface area contributed by atoms with Gasteiger partial charge in [0.2, 0.25) is 17.8 Å². The Kier molecular flexibility index (Phi) is 4.64. The largest absolute Gasteiger partial charge is 0.322 e. The van der Waals surface area contributed by atoms with Gasteiger partial charge in [-0.05, 0) is 13.8 Å². The summed E-state index contributed by atoms with van der Waals surface area (Å²) in [4.78, 5) is 31.3. The molecule has 1 N–H and O–H groups in total. The van der Waals surface area contributed by atoms with Gasteiger partial charge in [-0.25, -0.2) is 4.79 Å². The molecule has 1 unspecified atom stereocenters. The lowest BCUT2D eigenvalue weighted by Crippen LogP contribution is -2.47. The zero-order valence-electron chi connectivity index (χ0n) is 16.4. The smallest absolute Gasteiger partial charge is 0.314 e. The van der Waals surface area contributed by atoms with Gasteiger partial charge in [-0.15, -0.1) is 0 Å². The van der Waals surface area contributed by atoms with Crippen molar-refractivity contribution in [2.45, 2.75) is 39.4 Å². The molecule has 2 aromatic heterocycles. The van der Waals surface area contributed by atoms with Crippen LogP contribution in [0, 0.1) is 28.6 Å². The first kappa shape index (κ1) is 19.8. The van der Waals surface area contributed by atoms with Crippen LogP contribution in [0.3, 0.4) is 0 Å². The van der Waals surface area contributed by atoms with Gasteiger partial charge in [0.25, 0.3) is 0 Å². The van der Waals surface area contributed by atoms with Crippen LogP contribution in [0.2, 0.25) is 0 Å². The molecule has 2 aliphatic heterocycles. The topological polar surface area (TPSA) is 107 Å². The van der Waals surface area contributed by atoms with Gasteiger partial charge in [0.05, 0.1) is 53.9 Å². The SMILES string of the molecule is C[C@H]1Cn2ncc(N3CC(C)(C#N)CC3=O)c2CN1C(=O)Nc1cc(F)nc(F)c1. The Morgan fingerprint density at radius 1 is 1.37 bits per heavy atom. The summed E-state index contributed by atoms with van der Waals surface area (Å²) in [6.07, 6.45) is 1.69. The molecule has 156 valence electrons. The number of amides is 3. The number of aromatic nitrogens is 3. The molecule has 0 aliphatic carbocycles. The second-order valence-electron chi connectivity index (χ2n) is 7.90. The highest BCUT2D eigenvalue weighted by molar-refractivity contribution is 5.97. The van der Waals surface area contributed by atoms with E-state index >= 15 is 0 Å². The number of urea groups is 1. The Balaban J connectivity index is 1.57. The molecule has 3 amide bonds. The molecule has 1 fully saturated rings. The third-order valence-corrected chi connectivity index (χ3v) is 5.40. The molecule has 11 heteroatoms. The summed E-state index contributed by atoms with van der Waals surface area (Å²) < 4.78 is 28.4. The first-order valence-corrected chi connectivity index (χ1v) is 9.36. The zero-order valence-corrected chi connectivity index (χ0v) is 16.4. The first-order chi connectivity index (χ1) is 14.2. The fraction of sp³-hybridized carbons (Fsp3) is 0.421. The van der Waals surface area contributed by atoms with Gasteiger partial charge in [-0.1, -0.05) is 0 Å². The summed E-state index contributed by atoms with van der Waals surface area (Å²) in [7, 11) is 0. The van der Waals surface area contributed by atoms with E-state index in [1.807, 2.05) is 6.92 Å². The van der Waals surface area contributed by atoms with Crippen molar-refractivity contribution in [2.24, 2.45) is 5.41 Å². The molecule has 0 aromatic carbocycles. The molecule has 9 nitrogen and oxygen atoms in total. The molecule has 4 rings (SSSR count). The van der Waals surface area contributed by atoms with Crippen molar-refractivity contribution in [3.05, 3.63) is 35.9 Å². The van der Waals surface area contributed by atoms with Crippen LogP contribution in [-0.2, 0) is 17.9 Å². The van der Waals surface area contributed by atoms with E-state index in [1.54, 1.807) is 17.8 Å². The van der Waals surface area contributed by atoms with Crippen molar-refractivity contribution in [1.29, 1.82) is 5.26 Å². The van der Waals surface area contributed by atoms with Gasteiger partial charge in [-0.2, -0.15) is 24.1 Å². The highest BCUT2D eigenvalue weighted by Crippen LogP contribution is 2.36. The Hall–Kier alpha value is -3.55. The van der Waals surface area contributed by atoms with Crippen LogP contribution in [0.4, 0.5) is 25.0 Å². The predicted molar refractivity (Wildman–Crippen MR) is 101 cm³/mol. The van der Waals surface area contributed by atoms with E-state index in [2.05, 4.69) is 21.5 Å². The van der Waals surface area contributed by atoms with Crippen LogP contribution in [0.25, 0.3) is 0 Å². The van der Waals surface area contributed by atoms with Crippen LogP contribution in [0.1, 0.15) is 26.0 Å². The second-order valence-corrected chi connectivity index (χ2v) is 7.90. The molecule has 2 atom stereocenters. The number of rotatable bonds is 2. The molecule has 2 aromatic rings. The average molecular weight is 415 g/mol. The van der Waals surface area contributed by atoms with Gasteiger partial charge in [0.15, 0.2) is 0 Å². The molecular weight excluding hydrogens is 396 g/mol. The molecule has 0 spiro atoms. The number of nitrogens with zero attached hydrogens (tertiary/aromatic N) is 6. The third kappa shape index (κ3) is 3.45. The summed E-state index contributed by atoms with van der Waals surface area (Å²) in [6.45, 7) is 4.34. The van der Waals surface area contributed by atoms with Crippen LogP contribution in [0.15, 0.2) is 18.3 Å². The average Bonchev–Trinajstić information content (AvgIpc) is 3.20. The molecule has 1 saturated heterocycles. The van der Waals surface area contributed by atoms with E-state index in [-0.39, 0.29) is 37.1 Å².